The summed E-state index contributed by atoms with van der Waals surface area (Å²) < 4.78 is 0. The van der Waals surface area contributed by atoms with E-state index >= 15 is 0 Å². The van der Waals surface area contributed by atoms with Gasteiger partial charge in [-0.15, -0.1) is 21.5 Å². The zero-order valence-electron chi connectivity index (χ0n) is 9.30. The van der Waals surface area contributed by atoms with Gasteiger partial charge in [0.2, 0.25) is 10.1 Å². The van der Waals surface area contributed by atoms with Gasteiger partial charge in [0.05, 0.1) is 6.04 Å². The Hall–Kier alpha value is -1.54. The number of amides is 1. The Morgan fingerprint density at radius 2 is 2.24 bits per heavy atom. The summed E-state index contributed by atoms with van der Waals surface area (Å²) in [7, 11) is 0. The first-order valence-electron chi connectivity index (χ1n) is 4.88. The summed E-state index contributed by atoms with van der Waals surface area (Å²) in [4.78, 5) is 17.1. The summed E-state index contributed by atoms with van der Waals surface area (Å²) in [6, 6.07) is -0.147. The maximum absolute atomic E-state index is 11.8. The monoisotopic (exact) mass is 269 g/mol. The predicted molar refractivity (Wildman–Crippen MR) is 67.1 cm³/mol. The number of nitrogens with one attached hydrogen (secondary N) is 1. The zero-order chi connectivity index (χ0) is 12.4. The molecule has 2 aromatic heterocycles. The van der Waals surface area contributed by atoms with Gasteiger partial charge in [0.1, 0.15) is 5.01 Å². The van der Waals surface area contributed by atoms with Crippen LogP contribution in [0.25, 0.3) is 0 Å². The molecule has 0 saturated carbocycles. The maximum atomic E-state index is 11.8. The van der Waals surface area contributed by atoms with Crippen molar-refractivity contribution in [1.29, 1.82) is 0 Å². The van der Waals surface area contributed by atoms with Crippen molar-refractivity contribution in [1.82, 2.24) is 20.5 Å². The van der Waals surface area contributed by atoms with Crippen molar-refractivity contribution in [3.63, 3.8) is 0 Å². The van der Waals surface area contributed by atoms with E-state index < -0.39 is 0 Å². The number of anilines is 1. The molecule has 0 aliphatic heterocycles. The van der Waals surface area contributed by atoms with Gasteiger partial charge < -0.3 is 11.1 Å². The molecule has 0 fully saturated rings. The Morgan fingerprint density at radius 3 is 2.76 bits per heavy atom. The quantitative estimate of drug-likeness (QED) is 0.877. The summed E-state index contributed by atoms with van der Waals surface area (Å²) in [6.45, 7) is 3.85. The van der Waals surface area contributed by atoms with Crippen molar-refractivity contribution in [3.8, 4) is 0 Å². The summed E-state index contributed by atoms with van der Waals surface area (Å²) in [5.41, 5.74) is 5.42. The highest BCUT2D eigenvalue weighted by Crippen LogP contribution is 2.20. The van der Waals surface area contributed by atoms with Gasteiger partial charge in [0, 0.05) is 11.1 Å². The Balaban J connectivity index is 2.04. The lowest BCUT2D eigenvalue weighted by Crippen LogP contribution is -2.26. The van der Waals surface area contributed by atoms with Gasteiger partial charge in [-0.2, -0.15) is 0 Å². The third kappa shape index (κ3) is 2.77. The van der Waals surface area contributed by atoms with E-state index in [1.807, 2.05) is 13.8 Å². The normalized spacial score (nSPS) is 12.4. The summed E-state index contributed by atoms with van der Waals surface area (Å²) in [5.74, 6) is -0.278. The first kappa shape index (κ1) is 11.9. The van der Waals surface area contributed by atoms with Crippen molar-refractivity contribution in [2.24, 2.45) is 0 Å². The van der Waals surface area contributed by atoms with Crippen LogP contribution in [0.3, 0.4) is 0 Å². The fourth-order valence-corrected chi connectivity index (χ4v) is 2.51. The molecule has 0 radical (unpaired) electrons. The molecular weight excluding hydrogens is 258 g/mol. The van der Waals surface area contributed by atoms with E-state index in [0.717, 1.165) is 21.2 Å². The number of nitrogens with two attached hydrogens (primary N) is 1. The first-order valence-corrected chi connectivity index (χ1v) is 6.51. The molecule has 2 aromatic rings. The number of aryl methyl sites for hydroxylation is 1. The van der Waals surface area contributed by atoms with Crippen LogP contribution < -0.4 is 11.1 Å². The topological polar surface area (TPSA) is 93.8 Å². The largest absolute Gasteiger partial charge is 0.374 e. The molecular formula is C9H11N5OS2. The van der Waals surface area contributed by atoms with Crippen LogP contribution in [0.1, 0.15) is 32.7 Å². The highest BCUT2D eigenvalue weighted by Gasteiger charge is 2.17. The fourth-order valence-electron chi connectivity index (χ4n) is 1.22. The maximum Gasteiger partial charge on any atom is 0.282 e. The molecule has 3 N–H and O–H groups in total. The second-order valence-electron chi connectivity index (χ2n) is 3.45. The fraction of sp³-hybridized carbons (Fsp3) is 0.333. The highest BCUT2D eigenvalue weighted by atomic mass is 32.1. The molecule has 1 unspecified atom stereocenters. The van der Waals surface area contributed by atoms with Crippen LogP contribution in [0.15, 0.2) is 6.20 Å². The van der Waals surface area contributed by atoms with E-state index in [4.69, 9.17) is 5.73 Å². The van der Waals surface area contributed by atoms with E-state index in [-0.39, 0.29) is 22.1 Å². The molecule has 0 aromatic carbocycles. The van der Waals surface area contributed by atoms with Crippen molar-refractivity contribution in [2.75, 3.05) is 5.73 Å². The minimum absolute atomic E-state index is 0.147. The van der Waals surface area contributed by atoms with Crippen LogP contribution in [-0.4, -0.2) is 21.1 Å². The number of nitrogens with zero attached hydrogens (tertiary/aromatic N) is 3. The number of rotatable bonds is 3. The van der Waals surface area contributed by atoms with Gasteiger partial charge in [-0.1, -0.05) is 11.3 Å². The number of hydrogen-bond donors (Lipinski definition) is 2. The average molecular weight is 269 g/mol. The van der Waals surface area contributed by atoms with E-state index in [1.54, 1.807) is 17.5 Å². The Kier molecular flexibility index (Phi) is 3.34. The van der Waals surface area contributed by atoms with E-state index in [2.05, 4.69) is 20.5 Å². The first-order chi connectivity index (χ1) is 8.06. The molecule has 90 valence electrons. The third-order valence-electron chi connectivity index (χ3n) is 1.99. The molecule has 2 rings (SSSR count). The molecule has 0 aliphatic rings. The number of hydrogen-bond acceptors (Lipinski definition) is 7. The minimum Gasteiger partial charge on any atom is -0.374 e. The van der Waals surface area contributed by atoms with Gasteiger partial charge in [-0.3, -0.25) is 4.79 Å². The Bertz CT molecular complexity index is 535. The van der Waals surface area contributed by atoms with Crippen LogP contribution in [0, 0.1) is 6.92 Å². The molecule has 8 heteroatoms. The van der Waals surface area contributed by atoms with Crippen LogP contribution in [0.5, 0.6) is 0 Å². The molecule has 0 bridgehead atoms. The minimum atomic E-state index is -0.278. The van der Waals surface area contributed by atoms with Crippen molar-refractivity contribution in [3.05, 3.63) is 21.1 Å². The van der Waals surface area contributed by atoms with Crippen LogP contribution in [0.2, 0.25) is 0 Å². The summed E-state index contributed by atoms with van der Waals surface area (Å²) in [5, 5.41) is 11.5. The number of thiazole rings is 1. The van der Waals surface area contributed by atoms with E-state index in [0.29, 0.717) is 0 Å². The lowest BCUT2D eigenvalue weighted by molar-refractivity contribution is 0.0938. The van der Waals surface area contributed by atoms with Crippen molar-refractivity contribution >= 4 is 33.7 Å². The second-order valence-corrected chi connectivity index (χ2v) is 5.73. The van der Waals surface area contributed by atoms with Crippen molar-refractivity contribution in [2.45, 2.75) is 19.9 Å². The van der Waals surface area contributed by atoms with E-state index in [1.165, 1.54) is 0 Å². The molecule has 2 heterocycles. The SMILES string of the molecule is Cc1cnc(C(C)NC(=O)c2nnc(N)s2)s1. The van der Waals surface area contributed by atoms with Gasteiger partial charge in [0.25, 0.3) is 5.91 Å². The zero-order valence-corrected chi connectivity index (χ0v) is 10.9. The summed E-state index contributed by atoms with van der Waals surface area (Å²) in [6.07, 6.45) is 1.78. The number of carbonyl (C=O) groups excluding carboxylic acids is 1. The average Bonchev–Trinajstić information content (AvgIpc) is 2.87. The standard InChI is InChI=1S/C9H11N5OS2/c1-4-3-11-7(16-4)5(2)12-6(15)8-13-14-9(10)17-8/h3,5H,1-2H3,(H2,10,14)(H,12,15). The highest BCUT2D eigenvalue weighted by molar-refractivity contribution is 7.16. The van der Waals surface area contributed by atoms with Crippen LogP contribution >= 0.6 is 22.7 Å². The lowest BCUT2D eigenvalue weighted by atomic mass is 10.3. The number of aromatic nitrogens is 3. The van der Waals surface area contributed by atoms with Gasteiger partial charge in [-0.05, 0) is 13.8 Å². The predicted octanol–water partition coefficient (Wildman–Crippen LogP) is 1.38. The molecule has 0 spiro atoms. The van der Waals surface area contributed by atoms with Gasteiger partial charge in [0.15, 0.2) is 0 Å². The molecule has 1 atom stereocenters. The van der Waals surface area contributed by atoms with Gasteiger partial charge >= 0.3 is 0 Å². The van der Waals surface area contributed by atoms with Crippen LogP contribution in [0.4, 0.5) is 5.13 Å². The summed E-state index contributed by atoms with van der Waals surface area (Å²) >= 11 is 2.62. The molecule has 17 heavy (non-hydrogen) atoms. The smallest absolute Gasteiger partial charge is 0.282 e. The molecule has 0 aliphatic carbocycles. The number of carbonyl (C=O) groups is 1. The Morgan fingerprint density at radius 1 is 1.47 bits per heavy atom. The third-order valence-corrected chi connectivity index (χ3v) is 3.84. The Labute approximate surface area is 106 Å². The molecule has 1 amide bonds. The molecule has 0 saturated heterocycles. The van der Waals surface area contributed by atoms with Crippen LogP contribution in [-0.2, 0) is 0 Å². The molecule has 6 nitrogen and oxygen atoms in total. The number of nitrogen functional groups attached to an aromatic ring is 1. The van der Waals surface area contributed by atoms with E-state index in [9.17, 15) is 4.79 Å². The second kappa shape index (κ2) is 4.76. The lowest BCUT2D eigenvalue weighted by Gasteiger charge is -2.08. The van der Waals surface area contributed by atoms with Gasteiger partial charge in [-0.25, -0.2) is 4.98 Å². The van der Waals surface area contributed by atoms with Crippen molar-refractivity contribution < 1.29 is 4.79 Å².